The van der Waals surface area contributed by atoms with Crippen LogP contribution < -0.4 is 10.5 Å². The molecule has 15 heavy (non-hydrogen) atoms. The fourth-order valence-corrected chi connectivity index (χ4v) is 0.954. The summed E-state index contributed by atoms with van der Waals surface area (Å²) in [5.41, 5.74) is 5.62. The number of nitrogen functional groups attached to an aromatic ring is 1. The van der Waals surface area contributed by atoms with Crippen molar-refractivity contribution in [2.24, 2.45) is 5.92 Å². The molecule has 1 aromatic rings. The van der Waals surface area contributed by atoms with Crippen LogP contribution in [0.15, 0.2) is 6.20 Å². The zero-order valence-electron chi connectivity index (χ0n) is 8.90. The molecule has 5 nitrogen and oxygen atoms in total. The van der Waals surface area contributed by atoms with Crippen LogP contribution >= 0.6 is 0 Å². The van der Waals surface area contributed by atoms with E-state index in [4.69, 9.17) is 15.7 Å². The number of rotatable bonds is 4. The molecule has 0 amide bonds. The zero-order valence-corrected chi connectivity index (χ0v) is 8.90. The fourth-order valence-electron chi connectivity index (χ4n) is 0.954. The SMILES string of the molecule is CC(C)CCOc1nc(N)cnc1C#N. The minimum atomic E-state index is 0.174. The molecule has 2 N–H and O–H groups in total. The number of nitriles is 1. The summed E-state index contributed by atoms with van der Waals surface area (Å²) in [6, 6.07) is 1.91. The van der Waals surface area contributed by atoms with E-state index in [2.05, 4.69) is 23.8 Å². The third kappa shape index (κ3) is 3.43. The summed E-state index contributed by atoms with van der Waals surface area (Å²) in [5.74, 6) is 1.02. The molecule has 0 aromatic carbocycles. The van der Waals surface area contributed by atoms with Crippen molar-refractivity contribution in [1.82, 2.24) is 9.97 Å². The minimum Gasteiger partial charge on any atom is -0.476 e. The third-order valence-electron chi connectivity index (χ3n) is 1.80. The van der Waals surface area contributed by atoms with Crippen LogP contribution in [0, 0.1) is 17.2 Å². The van der Waals surface area contributed by atoms with Crippen LogP contribution in [0.1, 0.15) is 26.0 Å². The smallest absolute Gasteiger partial charge is 0.253 e. The van der Waals surface area contributed by atoms with Crippen molar-refractivity contribution in [2.75, 3.05) is 12.3 Å². The largest absolute Gasteiger partial charge is 0.476 e. The maximum atomic E-state index is 8.74. The van der Waals surface area contributed by atoms with Crippen LogP contribution in [-0.4, -0.2) is 16.6 Å². The van der Waals surface area contributed by atoms with E-state index in [1.807, 2.05) is 6.07 Å². The Bertz CT molecular complexity index is 370. The first-order valence-corrected chi connectivity index (χ1v) is 4.79. The Morgan fingerprint density at radius 1 is 1.60 bits per heavy atom. The van der Waals surface area contributed by atoms with Gasteiger partial charge >= 0.3 is 0 Å². The van der Waals surface area contributed by atoms with Gasteiger partial charge in [-0.25, -0.2) is 4.98 Å². The molecule has 1 heterocycles. The Labute approximate surface area is 88.9 Å². The van der Waals surface area contributed by atoms with Crippen molar-refractivity contribution in [3.63, 3.8) is 0 Å². The molecule has 0 radical (unpaired) electrons. The molecule has 5 heteroatoms. The summed E-state index contributed by atoms with van der Waals surface area (Å²) >= 11 is 0. The molecule has 0 fully saturated rings. The molecule has 0 aliphatic carbocycles. The van der Waals surface area contributed by atoms with Crippen molar-refractivity contribution < 1.29 is 4.74 Å². The lowest BCUT2D eigenvalue weighted by Crippen LogP contribution is -2.06. The average Bonchev–Trinajstić information content (AvgIpc) is 2.17. The maximum Gasteiger partial charge on any atom is 0.253 e. The molecule has 80 valence electrons. The van der Waals surface area contributed by atoms with Gasteiger partial charge in [0.2, 0.25) is 5.69 Å². The number of anilines is 1. The molecule has 0 atom stereocenters. The summed E-state index contributed by atoms with van der Waals surface area (Å²) < 4.78 is 5.34. The van der Waals surface area contributed by atoms with E-state index >= 15 is 0 Å². The lowest BCUT2D eigenvalue weighted by Gasteiger charge is -2.07. The number of ether oxygens (including phenoxy) is 1. The number of hydrogen-bond donors (Lipinski definition) is 1. The molecular weight excluding hydrogens is 192 g/mol. The number of nitrogens with zero attached hydrogens (tertiary/aromatic N) is 3. The highest BCUT2D eigenvalue weighted by atomic mass is 16.5. The summed E-state index contributed by atoms with van der Waals surface area (Å²) in [5, 5.41) is 8.74. The van der Waals surface area contributed by atoms with Crippen LogP contribution in [0.5, 0.6) is 5.88 Å². The Kier molecular flexibility index (Phi) is 3.86. The Hall–Kier alpha value is -1.83. The zero-order chi connectivity index (χ0) is 11.3. The lowest BCUT2D eigenvalue weighted by molar-refractivity contribution is 0.278. The molecule has 0 unspecified atom stereocenters. The Morgan fingerprint density at radius 3 is 2.93 bits per heavy atom. The number of nitrogens with two attached hydrogens (primary N) is 1. The maximum absolute atomic E-state index is 8.74. The molecule has 1 aromatic heterocycles. The van der Waals surface area contributed by atoms with Crippen LogP contribution in [0.4, 0.5) is 5.82 Å². The monoisotopic (exact) mass is 206 g/mol. The topological polar surface area (TPSA) is 84.8 Å². The summed E-state index contributed by atoms with van der Waals surface area (Å²) in [6.45, 7) is 4.71. The average molecular weight is 206 g/mol. The van der Waals surface area contributed by atoms with E-state index in [1.165, 1.54) is 6.20 Å². The summed E-state index contributed by atoms with van der Waals surface area (Å²) in [7, 11) is 0. The van der Waals surface area contributed by atoms with Crippen LogP contribution in [0.2, 0.25) is 0 Å². The molecule has 0 aliphatic rings. The van der Waals surface area contributed by atoms with Gasteiger partial charge in [0.15, 0.2) is 0 Å². The summed E-state index contributed by atoms with van der Waals surface area (Å²) in [6.07, 6.45) is 2.25. The highest BCUT2D eigenvalue weighted by molar-refractivity contribution is 5.37. The van der Waals surface area contributed by atoms with E-state index < -0.39 is 0 Å². The van der Waals surface area contributed by atoms with Gasteiger partial charge in [0.1, 0.15) is 11.9 Å². The van der Waals surface area contributed by atoms with Crippen molar-refractivity contribution in [2.45, 2.75) is 20.3 Å². The minimum absolute atomic E-state index is 0.174. The standard InChI is InChI=1S/C10H14N4O/c1-7(2)3-4-15-10-8(5-11)13-6-9(12)14-10/h6-7H,3-4H2,1-2H3,(H2,12,14). The van der Waals surface area contributed by atoms with E-state index in [-0.39, 0.29) is 17.4 Å². The second kappa shape index (κ2) is 5.15. The fraction of sp³-hybridized carbons (Fsp3) is 0.500. The van der Waals surface area contributed by atoms with Gasteiger partial charge in [-0.3, -0.25) is 0 Å². The Balaban J connectivity index is 2.67. The summed E-state index contributed by atoms with van der Waals surface area (Å²) in [4.78, 5) is 7.73. The molecule has 0 bridgehead atoms. The van der Waals surface area contributed by atoms with Crippen molar-refractivity contribution >= 4 is 5.82 Å². The van der Waals surface area contributed by atoms with Crippen molar-refractivity contribution in [3.05, 3.63) is 11.9 Å². The predicted octanol–water partition coefficient (Wildman–Crippen LogP) is 1.36. The van der Waals surface area contributed by atoms with E-state index in [0.717, 1.165) is 6.42 Å². The first-order chi connectivity index (χ1) is 7.13. The van der Waals surface area contributed by atoms with Crippen molar-refractivity contribution in [1.29, 1.82) is 5.26 Å². The van der Waals surface area contributed by atoms with Crippen LogP contribution in [0.3, 0.4) is 0 Å². The predicted molar refractivity (Wildman–Crippen MR) is 56.1 cm³/mol. The van der Waals surface area contributed by atoms with Gasteiger partial charge in [0, 0.05) is 0 Å². The third-order valence-corrected chi connectivity index (χ3v) is 1.80. The quantitative estimate of drug-likeness (QED) is 0.803. The van der Waals surface area contributed by atoms with Gasteiger partial charge in [0.05, 0.1) is 12.8 Å². The van der Waals surface area contributed by atoms with E-state index in [9.17, 15) is 0 Å². The second-order valence-electron chi connectivity index (χ2n) is 3.59. The van der Waals surface area contributed by atoms with Crippen LogP contribution in [0.25, 0.3) is 0 Å². The Morgan fingerprint density at radius 2 is 2.33 bits per heavy atom. The second-order valence-corrected chi connectivity index (χ2v) is 3.59. The highest BCUT2D eigenvalue weighted by Gasteiger charge is 2.07. The molecule has 0 saturated carbocycles. The molecular formula is C10H14N4O. The molecule has 0 saturated heterocycles. The van der Waals surface area contributed by atoms with Gasteiger partial charge < -0.3 is 10.5 Å². The van der Waals surface area contributed by atoms with Crippen molar-refractivity contribution in [3.8, 4) is 11.9 Å². The van der Waals surface area contributed by atoms with Gasteiger partial charge in [-0.15, -0.1) is 0 Å². The van der Waals surface area contributed by atoms with Crippen LogP contribution in [-0.2, 0) is 0 Å². The normalized spacial score (nSPS) is 10.0. The van der Waals surface area contributed by atoms with E-state index in [1.54, 1.807) is 0 Å². The molecule has 0 spiro atoms. The van der Waals surface area contributed by atoms with E-state index in [0.29, 0.717) is 12.5 Å². The van der Waals surface area contributed by atoms with Gasteiger partial charge in [-0.05, 0) is 12.3 Å². The van der Waals surface area contributed by atoms with Gasteiger partial charge in [-0.2, -0.15) is 10.2 Å². The first-order valence-electron chi connectivity index (χ1n) is 4.79. The number of aromatic nitrogens is 2. The first kappa shape index (κ1) is 11.2. The lowest BCUT2D eigenvalue weighted by atomic mass is 10.1. The molecule has 0 aliphatic heterocycles. The van der Waals surface area contributed by atoms with Gasteiger partial charge in [0.25, 0.3) is 5.88 Å². The number of hydrogen-bond acceptors (Lipinski definition) is 5. The highest BCUT2D eigenvalue weighted by Crippen LogP contribution is 2.14. The molecule has 1 rings (SSSR count). The van der Waals surface area contributed by atoms with Gasteiger partial charge in [-0.1, -0.05) is 13.8 Å².